The fourth-order valence-corrected chi connectivity index (χ4v) is 0.352. The quantitative estimate of drug-likeness (QED) is 0.469. The van der Waals surface area contributed by atoms with Gasteiger partial charge >= 0.3 is 0 Å². The molecule has 0 spiro atoms. The van der Waals surface area contributed by atoms with Crippen molar-refractivity contribution in [2.24, 2.45) is 4.99 Å². The van der Waals surface area contributed by atoms with Crippen LogP contribution in [0.1, 0.15) is 34.1 Å². The first kappa shape index (κ1) is 12.7. The average molecular weight is 154 g/mol. The Bertz CT molecular complexity index is 134. The van der Waals surface area contributed by atoms with Crippen LogP contribution in [0, 0.1) is 5.41 Å². The minimum absolute atomic E-state index is 0.343. The molecule has 0 rings (SSSR count). The van der Waals surface area contributed by atoms with E-state index in [1.165, 1.54) is 0 Å². The van der Waals surface area contributed by atoms with Crippen molar-refractivity contribution in [2.45, 2.75) is 34.1 Å². The Morgan fingerprint density at radius 3 is 2.36 bits per heavy atom. The number of hydrogen-bond donors (Lipinski definition) is 1. The SMILES string of the molecule is CC.CC/C=C\C=NC(C)=N. The van der Waals surface area contributed by atoms with Crippen molar-refractivity contribution in [1.82, 2.24) is 0 Å². The Morgan fingerprint density at radius 1 is 1.45 bits per heavy atom. The van der Waals surface area contributed by atoms with Crippen LogP contribution >= 0.6 is 0 Å². The highest BCUT2D eigenvalue weighted by atomic mass is 14.8. The Labute approximate surface area is 69.6 Å². The summed E-state index contributed by atoms with van der Waals surface area (Å²) in [5.74, 6) is 0.343. The van der Waals surface area contributed by atoms with E-state index in [4.69, 9.17) is 5.41 Å². The third-order valence-electron chi connectivity index (χ3n) is 0.726. The minimum atomic E-state index is 0.343. The van der Waals surface area contributed by atoms with Crippen LogP contribution < -0.4 is 0 Å². The lowest BCUT2D eigenvalue weighted by atomic mass is 10.4. The summed E-state index contributed by atoms with van der Waals surface area (Å²) >= 11 is 0. The van der Waals surface area contributed by atoms with Gasteiger partial charge in [-0.3, -0.25) is 5.41 Å². The second-order valence-electron chi connectivity index (χ2n) is 1.70. The Hall–Kier alpha value is -0.920. The molecule has 0 unspecified atom stereocenters. The largest absolute Gasteiger partial charge is 0.287 e. The third-order valence-corrected chi connectivity index (χ3v) is 0.726. The monoisotopic (exact) mass is 154 g/mol. The summed E-state index contributed by atoms with van der Waals surface area (Å²) in [7, 11) is 0. The van der Waals surface area contributed by atoms with Gasteiger partial charge in [-0.1, -0.05) is 26.8 Å². The van der Waals surface area contributed by atoms with E-state index in [0.29, 0.717) is 5.84 Å². The molecule has 0 saturated heterocycles. The van der Waals surface area contributed by atoms with Gasteiger partial charge in [0.1, 0.15) is 5.84 Å². The van der Waals surface area contributed by atoms with E-state index < -0.39 is 0 Å². The smallest absolute Gasteiger partial charge is 0.117 e. The summed E-state index contributed by atoms with van der Waals surface area (Å²) in [5.41, 5.74) is 0. The van der Waals surface area contributed by atoms with Crippen LogP contribution in [-0.4, -0.2) is 12.1 Å². The lowest BCUT2D eigenvalue weighted by molar-refractivity contribution is 1.23. The molecule has 1 N–H and O–H groups in total. The van der Waals surface area contributed by atoms with Gasteiger partial charge in [0.25, 0.3) is 0 Å². The fraction of sp³-hybridized carbons (Fsp3) is 0.556. The van der Waals surface area contributed by atoms with E-state index in [9.17, 15) is 0 Å². The first-order valence-corrected chi connectivity index (χ1v) is 4.01. The van der Waals surface area contributed by atoms with Gasteiger partial charge in [0.2, 0.25) is 0 Å². The van der Waals surface area contributed by atoms with Crippen molar-refractivity contribution in [3.63, 3.8) is 0 Å². The molecule has 64 valence electrons. The minimum Gasteiger partial charge on any atom is -0.287 e. The van der Waals surface area contributed by atoms with Gasteiger partial charge in [-0.05, 0) is 19.4 Å². The van der Waals surface area contributed by atoms with Gasteiger partial charge in [0.05, 0.1) is 0 Å². The molecule has 0 aliphatic heterocycles. The second kappa shape index (κ2) is 11.8. The third kappa shape index (κ3) is 17.6. The summed E-state index contributed by atoms with van der Waals surface area (Å²) in [5, 5.41) is 6.90. The topological polar surface area (TPSA) is 36.2 Å². The number of amidine groups is 1. The first-order chi connectivity index (χ1) is 5.27. The molecular formula is C9H18N2. The Kier molecular flexibility index (Phi) is 13.7. The lowest BCUT2D eigenvalue weighted by Crippen LogP contribution is -1.78. The zero-order chi connectivity index (χ0) is 9.11. The maximum absolute atomic E-state index is 6.90. The van der Waals surface area contributed by atoms with E-state index >= 15 is 0 Å². The molecule has 0 aliphatic rings. The molecule has 2 heteroatoms. The van der Waals surface area contributed by atoms with Gasteiger partial charge < -0.3 is 0 Å². The maximum atomic E-state index is 6.90. The van der Waals surface area contributed by atoms with Crippen LogP contribution in [0.4, 0.5) is 0 Å². The molecular weight excluding hydrogens is 136 g/mol. The zero-order valence-electron chi connectivity index (χ0n) is 7.89. The highest BCUT2D eigenvalue weighted by Gasteiger charge is 1.70. The molecule has 0 bridgehead atoms. The molecule has 11 heavy (non-hydrogen) atoms. The molecule has 0 aromatic rings. The highest BCUT2D eigenvalue weighted by molar-refractivity contribution is 5.88. The normalized spacial score (nSPS) is 9.82. The Morgan fingerprint density at radius 2 is 2.00 bits per heavy atom. The molecule has 0 radical (unpaired) electrons. The van der Waals surface area contributed by atoms with Gasteiger partial charge in [-0.25, -0.2) is 4.99 Å². The van der Waals surface area contributed by atoms with E-state index in [1.807, 2.05) is 26.0 Å². The lowest BCUT2D eigenvalue weighted by Gasteiger charge is -1.78. The van der Waals surface area contributed by atoms with E-state index in [1.54, 1.807) is 13.1 Å². The fourth-order valence-electron chi connectivity index (χ4n) is 0.352. The van der Waals surface area contributed by atoms with Crippen LogP contribution in [0.5, 0.6) is 0 Å². The van der Waals surface area contributed by atoms with Crippen molar-refractivity contribution in [2.75, 3.05) is 0 Å². The molecule has 0 fully saturated rings. The van der Waals surface area contributed by atoms with E-state index in [-0.39, 0.29) is 0 Å². The van der Waals surface area contributed by atoms with Gasteiger partial charge in [-0.15, -0.1) is 0 Å². The van der Waals surface area contributed by atoms with Crippen LogP contribution in [-0.2, 0) is 0 Å². The molecule has 0 heterocycles. The maximum Gasteiger partial charge on any atom is 0.117 e. The standard InChI is InChI=1S/C7H12N2.C2H6/c1-3-4-5-6-9-7(2)8;1-2/h4-6,8H,3H2,1-2H3;1-2H3/b5-4-,8-7?,9-6?;. The van der Waals surface area contributed by atoms with E-state index in [2.05, 4.69) is 11.9 Å². The summed E-state index contributed by atoms with van der Waals surface area (Å²) < 4.78 is 0. The Balaban J connectivity index is 0. The number of hydrogen-bond acceptors (Lipinski definition) is 1. The summed E-state index contributed by atoms with van der Waals surface area (Å²) in [6.45, 7) is 7.71. The first-order valence-electron chi connectivity index (χ1n) is 4.01. The molecule has 0 aromatic carbocycles. The predicted molar refractivity (Wildman–Crippen MR) is 52.7 cm³/mol. The number of aliphatic imine (C=N–C) groups is 1. The van der Waals surface area contributed by atoms with Crippen molar-refractivity contribution >= 4 is 12.1 Å². The van der Waals surface area contributed by atoms with Crippen LogP contribution in [0.2, 0.25) is 0 Å². The number of nitrogens with zero attached hydrogens (tertiary/aromatic N) is 1. The number of nitrogens with one attached hydrogen (secondary N) is 1. The second-order valence-corrected chi connectivity index (χ2v) is 1.70. The van der Waals surface area contributed by atoms with Gasteiger partial charge in [0.15, 0.2) is 0 Å². The van der Waals surface area contributed by atoms with Crippen LogP contribution in [0.15, 0.2) is 17.1 Å². The van der Waals surface area contributed by atoms with Crippen molar-refractivity contribution in [1.29, 1.82) is 5.41 Å². The van der Waals surface area contributed by atoms with Crippen molar-refractivity contribution in [3.8, 4) is 0 Å². The van der Waals surface area contributed by atoms with Gasteiger partial charge in [-0.2, -0.15) is 0 Å². The average Bonchev–Trinajstić information content (AvgIpc) is 2.02. The molecule has 0 aromatic heterocycles. The molecule has 0 saturated carbocycles. The molecule has 0 amide bonds. The molecule has 0 atom stereocenters. The summed E-state index contributed by atoms with van der Waals surface area (Å²) in [4.78, 5) is 3.73. The van der Waals surface area contributed by atoms with Crippen LogP contribution in [0.25, 0.3) is 0 Å². The van der Waals surface area contributed by atoms with Gasteiger partial charge in [0, 0.05) is 6.21 Å². The molecule has 2 nitrogen and oxygen atoms in total. The summed E-state index contributed by atoms with van der Waals surface area (Å²) in [6.07, 6.45) is 6.49. The van der Waals surface area contributed by atoms with Crippen molar-refractivity contribution in [3.05, 3.63) is 12.2 Å². The van der Waals surface area contributed by atoms with Crippen LogP contribution in [0.3, 0.4) is 0 Å². The van der Waals surface area contributed by atoms with Crippen molar-refractivity contribution < 1.29 is 0 Å². The predicted octanol–water partition coefficient (Wildman–Crippen LogP) is 3.05. The number of allylic oxidation sites excluding steroid dienone is 2. The highest BCUT2D eigenvalue weighted by Crippen LogP contribution is 1.76. The number of rotatable bonds is 2. The van der Waals surface area contributed by atoms with E-state index in [0.717, 1.165) is 6.42 Å². The molecule has 0 aliphatic carbocycles. The zero-order valence-corrected chi connectivity index (χ0v) is 7.89. The summed E-state index contributed by atoms with van der Waals surface area (Å²) in [6, 6.07) is 0.